The molecule has 0 aliphatic heterocycles. The van der Waals surface area contributed by atoms with Gasteiger partial charge in [0.25, 0.3) is 5.91 Å². The van der Waals surface area contributed by atoms with E-state index in [1.165, 1.54) is 23.7 Å². The Morgan fingerprint density at radius 2 is 2.09 bits per heavy atom. The maximum Gasteiger partial charge on any atom is 0.279 e. The highest BCUT2D eigenvalue weighted by Crippen LogP contribution is 2.19. The van der Waals surface area contributed by atoms with Crippen molar-refractivity contribution in [1.29, 1.82) is 0 Å². The van der Waals surface area contributed by atoms with Gasteiger partial charge in [-0.3, -0.25) is 15.1 Å². The predicted molar refractivity (Wildman–Crippen MR) is 84.4 cm³/mol. The van der Waals surface area contributed by atoms with Crippen LogP contribution in [0, 0.1) is 6.92 Å². The Morgan fingerprint density at radius 1 is 1.23 bits per heavy atom. The molecule has 3 aromatic heterocycles. The molecule has 0 aliphatic carbocycles. The average molecular weight is 312 g/mol. The van der Waals surface area contributed by atoms with Gasteiger partial charge in [0.1, 0.15) is 0 Å². The van der Waals surface area contributed by atoms with Crippen molar-refractivity contribution < 1.29 is 4.79 Å². The number of amides is 1. The Bertz CT molecular complexity index is 789. The smallest absolute Gasteiger partial charge is 0.279 e. The summed E-state index contributed by atoms with van der Waals surface area (Å²) in [5.74, 6) is -0.00452. The number of thiazole rings is 1. The number of rotatable bonds is 4. The van der Waals surface area contributed by atoms with Crippen LogP contribution in [0.2, 0.25) is 0 Å². The van der Waals surface area contributed by atoms with Gasteiger partial charge in [0.2, 0.25) is 0 Å². The van der Waals surface area contributed by atoms with Crippen LogP contribution in [-0.4, -0.2) is 25.8 Å². The van der Waals surface area contributed by atoms with Gasteiger partial charge in [0.05, 0.1) is 17.6 Å². The van der Waals surface area contributed by atoms with Crippen molar-refractivity contribution in [2.24, 2.45) is 0 Å². The summed E-state index contributed by atoms with van der Waals surface area (Å²) in [6.45, 7) is 1.86. The molecule has 1 amide bonds. The summed E-state index contributed by atoms with van der Waals surface area (Å²) in [6, 6.07) is 3.62. The molecule has 0 spiro atoms. The third-order valence-electron chi connectivity index (χ3n) is 2.68. The van der Waals surface area contributed by atoms with Crippen molar-refractivity contribution in [2.45, 2.75) is 6.92 Å². The fourth-order valence-electron chi connectivity index (χ4n) is 1.74. The van der Waals surface area contributed by atoms with Crippen molar-refractivity contribution in [3.8, 4) is 0 Å². The van der Waals surface area contributed by atoms with Gasteiger partial charge in [-0.25, -0.2) is 15.0 Å². The van der Waals surface area contributed by atoms with Crippen molar-refractivity contribution in [2.75, 3.05) is 10.6 Å². The van der Waals surface area contributed by atoms with Crippen LogP contribution in [0.4, 0.5) is 16.6 Å². The lowest BCUT2D eigenvalue weighted by atomic mass is 10.3. The van der Waals surface area contributed by atoms with E-state index in [-0.39, 0.29) is 11.6 Å². The van der Waals surface area contributed by atoms with E-state index in [2.05, 4.69) is 30.6 Å². The first-order valence-corrected chi connectivity index (χ1v) is 7.32. The van der Waals surface area contributed by atoms with Crippen LogP contribution in [0.25, 0.3) is 0 Å². The van der Waals surface area contributed by atoms with E-state index < -0.39 is 0 Å². The molecule has 3 aromatic rings. The van der Waals surface area contributed by atoms with Gasteiger partial charge in [-0.15, -0.1) is 11.3 Å². The molecule has 2 N–H and O–H groups in total. The Balaban J connectivity index is 1.83. The van der Waals surface area contributed by atoms with Gasteiger partial charge in [-0.2, -0.15) is 0 Å². The Kier molecular flexibility index (Phi) is 4.01. The zero-order valence-electron chi connectivity index (χ0n) is 11.6. The predicted octanol–water partition coefficient (Wildman–Crippen LogP) is 2.63. The van der Waals surface area contributed by atoms with Gasteiger partial charge in [-0.1, -0.05) is 0 Å². The molecule has 0 aromatic carbocycles. The van der Waals surface area contributed by atoms with Crippen molar-refractivity contribution in [3.63, 3.8) is 0 Å². The lowest BCUT2D eigenvalue weighted by molar-refractivity contribution is 0.102. The monoisotopic (exact) mass is 312 g/mol. The van der Waals surface area contributed by atoms with Gasteiger partial charge in [0.15, 0.2) is 16.6 Å². The molecule has 0 saturated heterocycles. The van der Waals surface area contributed by atoms with Crippen LogP contribution in [0.5, 0.6) is 0 Å². The molecule has 110 valence electrons. The van der Waals surface area contributed by atoms with Crippen molar-refractivity contribution >= 4 is 33.9 Å². The lowest BCUT2D eigenvalue weighted by Gasteiger charge is -2.08. The van der Waals surface area contributed by atoms with E-state index in [1.807, 2.05) is 18.4 Å². The number of anilines is 3. The lowest BCUT2D eigenvalue weighted by Crippen LogP contribution is -2.16. The third-order valence-corrected chi connectivity index (χ3v) is 3.55. The molecule has 0 unspecified atom stereocenters. The molecule has 0 radical (unpaired) electrons. The summed E-state index contributed by atoms with van der Waals surface area (Å²) in [7, 11) is 0. The number of aryl methyl sites for hydroxylation is 1. The number of aromatic nitrogens is 4. The van der Waals surface area contributed by atoms with E-state index in [1.54, 1.807) is 18.5 Å². The Morgan fingerprint density at radius 3 is 2.82 bits per heavy atom. The number of nitrogens with one attached hydrogen (secondary N) is 2. The highest BCUT2D eigenvalue weighted by molar-refractivity contribution is 7.13. The molecular weight excluding hydrogens is 300 g/mol. The highest BCUT2D eigenvalue weighted by Gasteiger charge is 2.16. The third kappa shape index (κ3) is 3.23. The summed E-state index contributed by atoms with van der Waals surface area (Å²) in [5, 5.41) is 8.14. The van der Waals surface area contributed by atoms with E-state index >= 15 is 0 Å². The fourth-order valence-corrected chi connectivity index (χ4v) is 2.42. The van der Waals surface area contributed by atoms with Gasteiger partial charge >= 0.3 is 0 Å². The van der Waals surface area contributed by atoms with Gasteiger partial charge < -0.3 is 5.32 Å². The van der Waals surface area contributed by atoms with E-state index in [4.69, 9.17) is 0 Å². The molecule has 0 aliphatic rings. The molecular formula is C14H12N6OS. The second kappa shape index (κ2) is 6.27. The minimum atomic E-state index is -0.367. The zero-order valence-corrected chi connectivity index (χ0v) is 12.5. The van der Waals surface area contributed by atoms with Gasteiger partial charge in [-0.05, 0) is 19.1 Å². The summed E-state index contributed by atoms with van der Waals surface area (Å²) < 4.78 is 0. The summed E-state index contributed by atoms with van der Waals surface area (Å²) in [4.78, 5) is 28.8. The normalized spacial score (nSPS) is 10.2. The summed E-state index contributed by atoms with van der Waals surface area (Å²) in [6.07, 6.45) is 6.29. The maximum absolute atomic E-state index is 12.3. The quantitative estimate of drug-likeness (QED) is 0.769. The molecule has 8 heteroatoms. The number of hydrogen-bond acceptors (Lipinski definition) is 7. The number of nitrogens with zero attached hydrogens (tertiary/aromatic N) is 4. The topological polar surface area (TPSA) is 92.7 Å². The van der Waals surface area contributed by atoms with Gasteiger partial charge in [0, 0.05) is 24.0 Å². The molecule has 3 heterocycles. The van der Waals surface area contributed by atoms with E-state index in [9.17, 15) is 4.79 Å². The average Bonchev–Trinajstić information content (AvgIpc) is 2.94. The van der Waals surface area contributed by atoms with E-state index in [0.29, 0.717) is 10.9 Å². The van der Waals surface area contributed by atoms with Crippen LogP contribution in [0.3, 0.4) is 0 Å². The highest BCUT2D eigenvalue weighted by atomic mass is 32.1. The van der Waals surface area contributed by atoms with Crippen LogP contribution >= 0.6 is 11.3 Å². The maximum atomic E-state index is 12.3. The molecule has 3 rings (SSSR count). The molecule has 0 fully saturated rings. The van der Waals surface area contributed by atoms with E-state index in [0.717, 1.165) is 11.4 Å². The first kappa shape index (κ1) is 14.1. The number of carbonyl (C=O) groups excluding carboxylic acids is 1. The first-order chi connectivity index (χ1) is 10.7. The van der Waals surface area contributed by atoms with Crippen LogP contribution < -0.4 is 10.6 Å². The molecule has 0 atom stereocenters. The number of hydrogen-bond donors (Lipinski definition) is 2. The molecule has 0 bridgehead atoms. The Hall–Kier alpha value is -2.87. The Labute approximate surface area is 130 Å². The largest absolute Gasteiger partial charge is 0.337 e. The standard InChI is InChI=1S/C14H12N6OS/c1-9-8-22-14(18-9)20-13(21)11-12(17-6-5-16-11)19-10-3-2-4-15-7-10/h2-8H,1H3,(H,17,19)(H,18,20,21). The second-order valence-electron chi connectivity index (χ2n) is 4.37. The van der Waals surface area contributed by atoms with Crippen molar-refractivity contribution in [3.05, 3.63) is 53.7 Å². The minimum Gasteiger partial charge on any atom is -0.337 e. The molecule has 22 heavy (non-hydrogen) atoms. The SMILES string of the molecule is Cc1csc(NC(=O)c2nccnc2Nc2cccnc2)n1. The zero-order chi connectivity index (χ0) is 15.4. The fraction of sp³-hybridized carbons (Fsp3) is 0.0714. The molecule has 0 saturated carbocycles. The van der Waals surface area contributed by atoms with Crippen LogP contribution in [0.15, 0.2) is 42.3 Å². The minimum absolute atomic E-state index is 0.194. The molecule has 7 nitrogen and oxygen atoms in total. The summed E-state index contributed by atoms with van der Waals surface area (Å²) >= 11 is 1.36. The van der Waals surface area contributed by atoms with Crippen LogP contribution in [-0.2, 0) is 0 Å². The second-order valence-corrected chi connectivity index (χ2v) is 5.23. The summed E-state index contributed by atoms with van der Waals surface area (Å²) in [5.41, 5.74) is 1.77. The van der Waals surface area contributed by atoms with Crippen molar-refractivity contribution in [1.82, 2.24) is 19.9 Å². The number of carbonyl (C=O) groups is 1. The number of pyridine rings is 1. The van der Waals surface area contributed by atoms with Crippen LogP contribution in [0.1, 0.15) is 16.2 Å². The first-order valence-electron chi connectivity index (χ1n) is 6.44.